The molecule has 0 unspecified atom stereocenters. The lowest BCUT2D eigenvalue weighted by Gasteiger charge is -2.04. The molecule has 1 aromatic carbocycles. The molecule has 1 aromatic heterocycles. The van der Waals surface area contributed by atoms with E-state index in [-0.39, 0.29) is 0 Å². The molecule has 88 valence electrons. The van der Waals surface area contributed by atoms with E-state index in [4.69, 9.17) is 4.52 Å². The summed E-state index contributed by atoms with van der Waals surface area (Å²) in [5.74, 6) is 0.840. The van der Waals surface area contributed by atoms with Crippen molar-refractivity contribution in [3.8, 4) is 0 Å². The Kier molecular flexibility index (Phi) is 2.92. The highest BCUT2D eigenvalue weighted by molar-refractivity contribution is 5.27. The molecule has 0 aliphatic heterocycles. The van der Waals surface area contributed by atoms with Crippen LogP contribution in [-0.2, 0) is 13.1 Å². The summed E-state index contributed by atoms with van der Waals surface area (Å²) in [6.45, 7) is 1.62. The van der Waals surface area contributed by atoms with Gasteiger partial charge in [-0.2, -0.15) is 0 Å². The summed E-state index contributed by atoms with van der Waals surface area (Å²) in [4.78, 5) is 0. The molecule has 0 atom stereocenters. The number of aromatic nitrogens is 1. The monoisotopic (exact) mass is 228 g/mol. The number of hydrogen-bond acceptors (Lipinski definition) is 3. The summed E-state index contributed by atoms with van der Waals surface area (Å²) in [7, 11) is 0. The van der Waals surface area contributed by atoms with E-state index in [9.17, 15) is 0 Å². The van der Waals surface area contributed by atoms with Gasteiger partial charge in [0.25, 0.3) is 0 Å². The van der Waals surface area contributed by atoms with Gasteiger partial charge in [0.1, 0.15) is 6.26 Å². The maximum atomic E-state index is 4.78. The van der Waals surface area contributed by atoms with Crippen LogP contribution in [0.5, 0.6) is 0 Å². The molecule has 2 aromatic rings. The normalized spacial score (nSPS) is 15.1. The van der Waals surface area contributed by atoms with Crippen LogP contribution in [0.1, 0.15) is 35.6 Å². The van der Waals surface area contributed by atoms with Gasteiger partial charge in [0.2, 0.25) is 0 Å². The van der Waals surface area contributed by atoms with Crippen LogP contribution in [0.15, 0.2) is 41.1 Å². The lowest BCUT2D eigenvalue weighted by atomic mass is 10.1. The topological polar surface area (TPSA) is 38.1 Å². The molecule has 3 heteroatoms. The van der Waals surface area contributed by atoms with Gasteiger partial charge in [-0.15, -0.1) is 0 Å². The van der Waals surface area contributed by atoms with E-state index in [0.29, 0.717) is 0 Å². The summed E-state index contributed by atoms with van der Waals surface area (Å²) in [5.41, 5.74) is 3.75. The van der Waals surface area contributed by atoms with Crippen LogP contribution in [0.25, 0.3) is 0 Å². The van der Waals surface area contributed by atoms with Gasteiger partial charge in [-0.05, 0) is 29.9 Å². The number of nitrogens with zero attached hydrogens (tertiary/aromatic N) is 1. The van der Waals surface area contributed by atoms with Gasteiger partial charge < -0.3 is 9.84 Å². The second-order valence-corrected chi connectivity index (χ2v) is 4.61. The average Bonchev–Trinajstić information content (AvgIpc) is 3.08. The number of benzene rings is 1. The minimum atomic E-state index is 0.751. The standard InChI is InChI=1S/C14H16N2O/c1-3-12(13-5-6-13)4-2-11(1)9-15-10-14-7-8-17-16-14/h1-4,7-8,13,15H,5-6,9-10H2. The van der Waals surface area contributed by atoms with Gasteiger partial charge in [0, 0.05) is 19.2 Å². The lowest BCUT2D eigenvalue weighted by molar-refractivity contribution is 0.408. The van der Waals surface area contributed by atoms with E-state index in [0.717, 1.165) is 24.7 Å². The molecular formula is C14H16N2O. The Morgan fingerprint density at radius 3 is 2.59 bits per heavy atom. The van der Waals surface area contributed by atoms with Crippen molar-refractivity contribution in [2.75, 3.05) is 0 Å². The minimum absolute atomic E-state index is 0.751. The van der Waals surface area contributed by atoms with E-state index in [1.165, 1.54) is 24.0 Å². The van der Waals surface area contributed by atoms with E-state index in [2.05, 4.69) is 34.7 Å². The van der Waals surface area contributed by atoms with Crippen LogP contribution in [0.2, 0.25) is 0 Å². The molecule has 1 heterocycles. The zero-order valence-electron chi connectivity index (χ0n) is 9.73. The van der Waals surface area contributed by atoms with E-state index < -0.39 is 0 Å². The molecule has 1 saturated carbocycles. The first-order valence-electron chi connectivity index (χ1n) is 6.10. The summed E-state index contributed by atoms with van der Waals surface area (Å²) in [6.07, 6.45) is 4.33. The molecule has 17 heavy (non-hydrogen) atoms. The Labute approximate surface area is 101 Å². The van der Waals surface area contributed by atoms with E-state index in [1.54, 1.807) is 6.26 Å². The third-order valence-electron chi connectivity index (χ3n) is 3.15. The predicted molar refractivity (Wildman–Crippen MR) is 65.5 cm³/mol. The van der Waals surface area contributed by atoms with Crippen molar-refractivity contribution in [3.05, 3.63) is 53.4 Å². The summed E-state index contributed by atoms with van der Waals surface area (Å²) in [6, 6.07) is 10.8. The van der Waals surface area contributed by atoms with Gasteiger partial charge >= 0.3 is 0 Å². The highest BCUT2D eigenvalue weighted by Gasteiger charge is 2.22. The molecular weight excluding hydrogens is 212 g/mol. The smallest absolute Gasteiger partial charge is 0.124 e. The van der Waals surface area contributed by atoms with Crippen molar-refractivity contribution >= 4 is 0 Å². The third kappa shape index (κ3) is 2.74. The Morgan fingerprint density at radius 2 is 1.94 bits per heavy atom. The number of hydrogen-bond donors (Lipinski definition) is 1. The number of rotatable bonds is 5. The maximum absolute atomic E-state index is 4.78. The van der Waals surface area contributed by atoms with Crippen molar-refractivity contribution in [2.45, 2.75) is 31.8 Å². The molecule has 1 N–H and O–H groups in total. The second-order valence-electron chi connectivity index (χ2n) is 4.61. The van der Waals surface area contributed by atoms with Gasteiger partial charge in [-0.1, -0.05) is 29.4 Å². The summed E-state index contributed by atoms with van der Waals surface area (Å²) >= 11 is 0. The fourth-order valence-electron chi connectivity index (χ4n) is 1.99. The molecule has 1 aliphatic rings. The van der Waals surface area contributed by atoms with E-state index in [1.807, 2.05) is 6.07 Å². The van der Waals surface area contributed by atoms with E-state index >= 15 is 0 Å². The Hall–Kier alpha value is -1.61. The van der Waals surface area contributed by atoms with Gasteiger partial charge in [-0.3, -0.25) is 0 Å². The molecule has 3 nitrogen and oxygen atoms in total. The van der Waals surface area contributed by atoms with Crippen LogP contribution in [0, 0.1) is 0 Å². The summed E-state index contributed by atoms with van der Waals surface area (Å²) in [5, 5.41) is 7.20. The van der Waals surface area contributed by atoms with Crippen molar-refractivity contribution in [2.24, 2.45) is 0 Å². The minimum Gasteiger partial charge on any atom is -0.364 e. The number of nitrogens with one attached hydrogen (secondary N) is 1. The first kappa shape index (κ1) is 10.5. The van der Waals surface area contributed by atoms with Crippen molar-refractivity contribution in [3.63, 3.8) is 0 Å². The van der Waals surface area contributed by atoms with Crippen LogP contribution in [-0.4, -0.2) is 5.16 Å². The van der Waals surface area contributed by atoms with Crippen molar-refractivity contribution in [1.82, 2.24) is 10.5 Å². The Bertz CT molecular complexity index is 457. The Morgan fingerprint density at radius 1 is 1.12 bits per heavy atom. The molecule has 0 radical (unpaired) electrons. The lowest BCUT2D eigenvalue weighted by Crippen LogP contribution is -2.12. The highest BCUT2D eigenvalue weighted by Crippen LogP contribution is 2.39. The first-order valence-corrected chi connectivity index (χ1v) is 6.10. The fourth-order valence-corrected chi connectivity index (χ4v) is 1.99. The van der Waals surface area contributed by atoms with Crippen LogP contribution in [0.3, 0.4) is 0 Å². The van der Waals surface area contributed by atoms with Gasteiger partial charge in [-0.25, -0.2) is 0 Å². The van der Waals surface area contributed by atoms with Crippen LogP contribution in [0.4, 0.5) is 0 Å². The second kappa shape index (κ2) is 4.72. The average molecular weight is 228 g/mol. The summed E-state index contributed by atoms with van der Waals surface area (Å²) < 4.78 is 4.78. The van der Waals surface area contributed by atoms with Crippen molar-refractivity contribution in [1.29, 1.82) is 0 Å². The SMILES string of the molecule is c1cc(CNCc2ccc(C3CC3)cc2)no1. The zero-order valence-corrected chi connectivity index (χ0v) is 9.73. The molecule has 1 fully saturated rings. The van der Waals surface area contributed by atoms with Gasteiger partial charge in [0.05, 0.1) is 5.69 Å². The third-order valence-corrected chi connectivity index (χ3v) is 3.15. The van der Waals surface area contributed by atoms with Crippen molar-refractivity contribution < 1.29 is 4.52 Å². The fraction of sp³-hybridized carbons (Fsp3) is 0.357. The molecule has 0 bridgehead atoms. The molecule has 0 amide bonds. The molecule has 0 spiro atoms. The molecule has 0 saturated heterocycles. The predicted octanol–water partition coefficient (Wildman–Crippen LogP) is 2.84. The van der Waals surface area contributed by atoms with Crippen LogP contribution >= 0.6 is 0 Å². The zero-order chi connectivity index (χ0) is 11.5. The van der Waals surface area contributed by atoms with Crippen LogP contribution < -0.4 is 5.32 Å². The maximum Gasteiger partial charge on any atom is 0.124 e. The molecule has 3 rings (SSSR count). The highest BCUT2D eigenvalue weighted by atomic mass is 16.5. The quantitative estimate of drug-likeness (QED) is 0.855. The first-order chi connectivity index (χ1) is 8.42. The Balaban J connectivity index is 1.51. The molecule has 1 aliphatic carbocycles. The van der Waals surface area contributed by atoms with Gasteiger partial charge in [0.15, 0.2) is 0 Å². The largest absolute Gasteiger partial charge is 0.364 e.